The predicted molar refractivity (Wildman–Crippen MR) is 189 cm³/mol. The molecule has 0 saturated carbocycles. The Hall–Kier alpha value is -3.58. The first kappa shape index (κ1) is 37.9. The first-order chi connectivity index (χ1) is 22.9. The van der Waals surface area contributed by atoms with Crippen LogP contribution in [-0.2, 0) is 37.8 Å². The molecule has 0 bridgehead atoms. The van der Waals surface area contributed by atoms with Crippen LogP contribution >= 0.6 is 9.42 Å². The normalized spacial score (nSPS) is 10.0. The van der Waals surface area contributed by atoms with Crippen molar-refractivity contribution in [2.45, 2.75) is 13.8 Å². The van der Waals surface area contributed by atoms with Crippen molar-refractivity contribution in [2.24, 2.45) is 0 Å². The van der Waals surface area contributed by atoms with E-state index in [1.54, 1.807) is 18.8 Å². The van der Waals surface area contributed by atoms with E-state index in [4.69, 9.17) is 0 Å². The van der Waals surface area contributed by atoms with E-state index in [0.29, 0.717) is 0 Å². The van der Waals surface area contributed by atoms with Crippen LogP contribution in [0.2, 0.25) is 0 Å². The van der Waals surface area contributed by atoms with Gasteiger partial charge in [-0.25, -0.2) is 0 Å². The molecule has 2 heterocycles. The van der Waals surface area contributed by atoms with E-state index in [1.807, 2.05) is 26.0 Å². The number of methoxy groups -OCH3 is 2. The van der Waals surface area contributed by atoms with Crippen LogP contribution < -0.4 is 10.7 Å². The number of aromatic nitrogens is 2. The van der Waals surface area contributed by atoms with Gasteiger partial charge in [0.2, 0.25) is 0 Å². The quantitative estimate of drug-likeness (QED) is 0.116. The van der Waals surface area contributed by atoms with Crippen molar-refractivity contribution in [3.8, 4) is 0 Å². The molecule has 0 fully saturated rings. The van der Waals surface area contributed by atoms with Crippen molar-refractivity contribution in [1.82, 2.24) is 9.97 Å². The Balaban J connectivity index is 0.000000196. The van der Waals surface area contributed by atoms with Gasteiger partial charge in [-0.1, -0.05) is 24.3 Å². The Labute approximate surface area is 299 Å². The van der Waals surface area contributed by atoms with Crippen LogP contribution in [-0.4, -0.2) is 55.9 Å². The summed E-state index contributed by atoms with van der Waals surface area (Å²) in [5.74, 6) is -1.16. The van der Waals surface area contributed by atoms with Gasteiger partial charge in [0.25, 0.3) is 0 Å². The molecule has 0 amide bonds. The number of pyridine rings is 2. The van der Waals surface area contributed by atoms with Gasteiger partial charge in [0.05, 0.1) is 38.1 Å². The monoisotopic (exact) mass is 933 g/mol. The molecule has 0 spiro atoms. The van der Waals surface area contributed by atoms with E-state index in [9.17, 15) is 9.59 Å². The van der Waals surface area contributed by atoms with Crippen molar-refractivity contribution in [2.75, 3.05) is 14.2 Å². The third kappa shape index (κ3) is 11.9. The van der Waals surface area contributed by atoms with Gasteiger partial charge >= 0.3 is 162 Å². The number of fused-ring (bicyclic) bond motifs is 3. The van der Waals surface area contributed by atoms with Crippen molar-refractivity contribution in [3.05, 3.63) is 152 Å². The number of hydrogen-bond donors (Lipinski definition) is 0. The second-order valence-electron chi connectivity index (χ2n) is 9.97. The van der Waals surface area contributed by atoms with Gasteiger partial charge in [-0.3, -0.25) is 19.6 Å². The fourth-order valence-electron chi connectivity index (χ4n) is 4.55. The SMILES string of the molecule is COC(=O)[CH][CH]C(=O)OC.Cc1ccc2ccc3ccc(C)nc3c2n1.[Cl][Pt].c1cc[c]([Sn]([c]2ccccc2)[c]2ccccc2)cc1. The minimum atomic E-state index is -1.98. The van der Waals surface area contributed by atoms with Crippen molar-refractivity contribution in [1.29, 1.82) is 0 Å². The van der Waals surface area contributed by atoms with Gasteiger partial charge in [-0.15, -0.1) is 0 Å². The Morgan fingerprint density at radius 3 is 1.15 bits per heavy atom. The molecule has 6 nitrogen and oxygen atoms in total. The minimum absolute atomic E-state index is 0.578. The molecule has 0 aliphatic rings. The van der Waals surface area contributed by atoms with E-state index in [1.165, 1.54) is 25.0 Å². The fraction of sp³-hybridized carbons (Fsp3) is 0.105. The molecular formula is C38H35ClN2O4PtSn. The standard InChI is InChI=1S/C14H12N2.C6H8O4.3C6H5.ClH.Pt.Sn/c1-9-3-5-11-7-8-12-6-4-10(2)16-14(12)13(11)15-9;1-9-5(7)3-4-6(8)10-2;3*1-2-4-6-5-3-1;;;/h3-8H,1-2H3;3-4H,1-2H3;3*1-5H;1H;;/q;;;;;;+1;/p-1. The second-order valence-corrected chi connectivity index (χ2v) is 17.1. The van der Waals surface area contributed by atoms with E-state index in [2.05, 4.69) is 144 Å². The zero-order valence-corrected chi connectivity index (χ0v) is 32.4. The molecule has 0 aliphatic heterocycles. The number of hydrogen-bond acceptors (Lipinski definition) is 6. The number of nitrogens with zero attached hydrogens (tertiary/aromatic N) is 2. The number of carbonyl (C=O) groups excluding carboxylic acids is 2. The molecular weight excluding hydrogens is 898 g/mol. The van der Waals surface area contributed by atoms with Gasteiger partial charge in [0.1, 0.15) is 0 Å². The second kappa shape index (κ2) is 20.6. The van der Waals surface area contributed by atoms with E-state index < -0.39 is 31.7 Å². The Morgan fingerprint density at radius 2 is 0.851 bits per heavy atom. The van der Waals surface area contributed by atoms with Crippen LogP contribution in [0.5, 0.6) is 0 Å². The summed E-state index contributed by atoms with van der Waals surface area (Å²) in [4.78, 5) is 29.8. The summed E-state index contributed by atoms with van der Waals surface area (Å²) in [6, 6.07) is 45.4. The van der Waals surface area contributed by atoms with Crippen molar-refractivity contribution < 1.29 is 37.8 Å². The molecule has 2 aromatic heterocycles. The number of benzene rings is 4. The first-order valence-corrected chi connectivity index (χ1v) is 21.6. The zero-order valence-electron chi connectivity index (χ0n) is 26.5. The number of aryl methyl sites for hydroxylation is 2. The van der Waals surface area contributed by atoms with E-state index in [-0.39, 0.29) is 0 Å². The summed E-state index contributed by atoms with van der Waals surface area (Å²) in [7, 11) is 7.06. The first-order valence-electron chi connectivity index (χ1n) is 14.5. The zero-order chi connectivity index (χ0) is 34.0. The maximum atomic E-state index is 10.3. The van der Waals surface area contributed by atoms with Gasteiger partial charge in [-0.2, -0.15) is 0 Å². The topological polar surface area (TPSA) is 78.4 Å². The van der Waals surface area contributed by atoms with Gasteiger partial charge in [-0.05, 0) is 26.0 Å². The molecule has 0 saturated heterocycles. The summed E-state index contributed by atoms with van der Waals surface area (Å²) in [5, 5.41) is 2.30. The molecule has 4 aromatic carbocycles. The van der Waals surface area contributed by atoms with Crippen LogP contribution in [0.3, 0.4) is 0 Å². The molecule has 3 radical (unpaired) electrons. The average Bonchev–Trinajstić information content (AvgIpc) is 3.13. The number of carbonyl (C=O) groups is 2. The molecule has 9 heteroatoms. The summed E-state index contributed by atoms with van der Waals surface area (Å²) in [6.45, 7) is 4.02. The van der Waals surface area contributed by atoms with E-state index >= 15 is 0 Å². The molecule has 0 aliphatic carbocycles. The fourth-order valence-corrected chi connectivity index (χ4v) is 11.9. The molecule has 0 unspecified atom stereocenters. The van der Waals surface area contributed by atoms with E-state index in [0.717, 1.165) is 46.0 Å². The summed E-state index contributed by atoms with van der Waals surface area (Å²) in [6.07, 6.45) is 1.98. The number of ether oxygens (including phenoxy) is 2. The van der Waals surface area contributed by atoms with Crippen LogP contribution in [0.1, 0.15) is 11.4 Å². The van der Waals surface area contributed by atoms with Crippen molar-refractivity contribution >= 4 is 73.7 Å². The van der Waals surface area contributed by atoms with Gasteiger partial charge in [0, 0.05) is 22.2 Å². The number of halogens is 1. The molecule has 0 atom stereocenters. The van der Waals surface area contributed by atoms with Crippen molar-refractivity contribution in [3.63, 3.8) is 0 Å². The Bertz CT molecular complexity index is 1670. The third-order valence-electron chi connectivity index (χ3n) is 6.74. The third-order valence-corrected chi connectivity index (χ3v) is 14.5. The average molecular weight is 933 g/mol. The molecule has 6 rings (SSSR count). The summed E-state index contributed by atoms with van der Waals surface area (Å²) in [5.41, 5.74) is 4.06. The predicted octanol–water partition coefficient (Wildman–Crippen LogP) is 6.03. The summed E-state index contributed by atoms with van der Waals surface area (Å²) >= 11 is -0.371. The Kier molecular flexibility index (Phi) is 16.6. The maximum absolute atomic E-state index is 10.3. The van der Waals surface area contributed by atoms with Crippen LogP contribution in [0.25, 0.3) is 21.8 Å². The number of esters is 2. The number of rotatable bonds is 6. The van der Waals surface area contributed by atoms with Crippen LogP contribution in [0, 0.1) is 26.7 Å². The van der Waals surface area contributed by atoms with Gasteiger partial charge in [0.15, 0.2) is 0 Å². The summed E-state index contributed by atoms with van der Waals surface area (Å²) < 4.78 is 13.0. The van der Waals surface area contributed by atoms with Gasteiger partial charge < -0.3 is 9.47 Å². The molecule has 47 heavy (non-hydrogen) atoms. The van der Waals surface area contributed by atoms with Crippen LogP contribution in [0.4, 0.5) is 0 Å². The molecule has 0 N–H and O–H groups in total. The Morgan fingerprint density at radius 1 is 0.553 bits per heavy atom. The molecule has 242 valence electrons. The van der Waals surface area contributed by atoms with Crippen LogP contribution in [0.15, 0.2) is 127 Å². The molecule has 6 aromatic rings.